The van der Waals surface area contributed by atoms with Gasteiger partial charge in [-0.3, -0.25) is 4.79 Å². The van der Waals surface area contributed by atoms with E-state index in [1.165, 1.54) is 11.1 Å². The number of hydrogen-bond donors (Lipinski definition) is 2. The van der Waals surface area contributed by atoms with E-state index in [2.05, 4.69) is 17.4 Å². The van der Waals surface area contributed by atoms with Crippen LogP contribution in [0.1, 0.15) is 33.5 Å². The summed E-state index contributed by atoms with van der Waals surface area (Å²) in [6, 6.07) is 15.2. The van der Waals surface area contributed by atoms with E-state index in [0.717, 1.165) is 18.4 Å². The SMILES string of the molecule is O=C(CCc1ccc(C(=O)O)cc1)NC1Cc2ccccc2C1. The van der Waals surface area contributed by atoms with Gasteiger partial charge in [0.2, 0.25) is 5.91 Å². The number of rotatable bonds is 5. The molecule has 0 heterocycles. The smallest absolute Gasteiger partial charge is 0.335 e. The molecule has 3 rings (SSSR count). The van der Waals surface area contributed by atoms with E-state index in [1.54, 1.807) is 24.3 Å². The van der Waals surface area contributed by atoms with E-state index in [9.17, 15) is 9.59 Å². The number of aromatic carboxylic acids is 1. The van der Waals surface area contributed by atoms with Gasteiger partial charge in [0, 0.05) is 12.5 Å². The number of nitrogens with one attached hydrogen (secondary N) is 1. The first-order valence-electron chi connectivity index (χ1n) is 7.80. The molecule has 2 aromatic rings. The third kappa shape index (κ3) is 3.77. The van der Waals surface area contributed by atoms with E-state index in [0.29, 0.717) is 12.8 Å². The zero-order valence-corrected chi connectivity index (χ0v) is 12.8. The van der Waals surface area contributed by atoms with Crippen molar-refractivity contribution < 1.29 is 14.7 Å². The molecular formula is C19H19NO3. The Morgan fingerprint density at radius 2 is 1.61 bits per heavy atom. The predicted octanol–water partition coefficient (Wildman–Crippen LogP) is 2.60. The average Bonchev–Trinajstić information content (AvgIpc) is 2.95. The Morgan fingerprint density at radius 3 is 2.17 bits per heavy atom. The summed E-state index contributed by atoms with van der Waals surface area (Å²) in [5, 5.41) is 12.0. The Kier molecular flexibility index (Phi) is 4.42. The summed E-state index contributed by atoms with van der Waals surface area (Å²) in [5.41, 5.74) is 3.88. The fourth-order valence-corrected chi connectivity index (χ4v) is 3.03. The minimum Gasteiger partial charge on any atom is -0.478 e. The van der Waals surface area contributed by atoms with Gasteiger partial charge in [-0.1, -0.05) is 36.4 Å². The summed E-state index contributed by atoms with van der Waals surface area (Å²) in [7, 11) is 0. The zero-order valence-electron chi connectivity index (χ0n) is 12.8. The molecule has 0 bridgehead atoms. The summed E-state index contributed by atoms with van der Waals surface area (Å²) in [6.07, 6.45) is 2.83. The molecule has 0 aliphatic heterocycles. The second-order valence-corrected chi connectivity index (χ2v) is 5.94. The number of carbonyl (C=O) groups is 2. The summed E-state index contributed by atoms with van der Waals surface area (Å²) in [4.78, 5) is 22.9. The lowest BCUT2D eigenvalue weighted by Gasteiger charge is -2.12. The van der Waals surface area contributed by atoms with Crippen molar-refractivity contribution in [1.82, 2.24) is 5.32 Å². The zero-order chi connectivity index (χ0) is 16.2. The monoisotopic (exact) mass is 309 g/mol. The van der Waals surface area contributed by atoms with Gasteiger partial charge in [0.15, 0.2) is 0 Å². The van der Waals surface area contributed by atoms with Gasteiger partial charge in [0.1, 0.15) is 0 Å². The van der Waals surface area contributed by atoms with Crippen molar-refractivity contribution in [3.63, 3.8) is 0 Å². The molecule has 2 N–H and O–H groups in total. The van der Waals surface area contributed by atoms with Crippen LogP contribution in [0.5, 0.6) is 0 Å². The van der Waals surface area contributed by atoms with Crippen LogP contribution in [0.15, 0.2) is 48.5 Å². The van der Waals surface area contributed by atoms with Gasteiger partial charge in [0.25, 0.3) is 0 Å². The molecule has 0 saturated heterocycles. The van der Waals surface area contributed by atoms with Crippen molar-refractivity contribution in [2.24, 2.45) is 0 Å². The number of carboxylic acid groups (broad SMARTS) is 1. The number of carboxylic acids is 1. The number of benzene rings is 2. The van der Waals surface area contributed by atoms with Gasteiger partial charge in [-0.15, -0.1) is 0 Å². The van der Waals surface area contributed by atoms with Crippen LogP contribution in [0, 0.1) is 0 Å². The van der Waals surface area contributed by atoms with Crippen LogP contribution in [-0.4, -0.2) is 23.0 Å². The van der Waals surface area contributed by atoms with Crippen LogP contribution in [0.25, 0.3) is 0 Å². The van der Waals surface area contributed by atoms with E-state index in [4.69, 9.17) is 5.11 Å². The molecule has 118 valence electrons. The number of aryl methyl sites for hydroxylation is 1. The lowest BCUT2D eigenvalue weighted by Crippen LogP contribution is -2.35. The fraction of sp³-hybridized carbons (Fsp3) is 0.263. The van der Waals surface area contributed by atoms with Crippen molar-refractivity contribution in [2.75, 3.05) is 0 Å². The first kappa shape index (κ1) is 15.3. The lowest BCUT2D eigenvalue weighted by molar-refractivity contribution is -0.121. The van der Waals surface area contributed by atoms with E-state index in [1.807, 2.05) is 12.1 Å². The summed E-state index contributed by atoms with van der Waals surface area (Å²) >= 11 is 0. The van der Waals surface area contributed by atoms with E-state index in [-0.39, 0.29) is 17.5 Å². The molecule has 0 unspecified atom stereocenters. The maximum Gasteiger partial charge on any atom is 0.335 e. The quantitative estimate of drug-likeness (QED) is 0.892. The molecule has 1 aliphatic rings. The Morgan fingerprint density at radius 1 is 1.00 bits per heavy atom. The molecule has 0 spiro atoms. The van der Waals surface area contributed by atoms with Crippen molar-refractivity contribution in [3.05, 3.63) is 70.8 Å². The lowest BCUT2D eigenvalue weighted by atomic mass is 10.1. The van der Waals surface area contributed by atoms with Crippen LogP contribution < -0.4 is 5.32 Å². The molecule has 0 atom stereocenters. The standard InChI is InChI=1S/C19H19NO3/c21-18(10-7-13-5-8-14(9-6-13)19(22)23)20-17-11-15-3-1-2-4-16(15)12-17/h1-6,8-9,17H,7,10-12H2,(H,20,21)(H,22,23). The topological polar surface area (TPSA) is 66.4 Å². The fourth-order valence-electron chi connectivity index (χ4n) is 3.03. The van der Waals surface area contributed by atoms with Crippen LogP contribution >= 0.6 is 0 Å². The van der Waals surface area contributed by atoms with Gasteiger partial charge in [0.05, 0.1) is 5.56 Å². The Labute approximate surface area is 135 Å². The molecule has 1 amide bonds. The molecule has 23 heavy (non-hydrogen) atoms. The minimum absolute atomic E-state index is 0.0464. The van der Waals surface area contributed by atoms with E-state index >= 15 is 0 Å². The van der Waals surface area contributed by atoms with Crippen LogP contribution in [-0.2, 0) is 24.1 Å². The van der Waals surface area contributed by atoms with Crippen LogP contribution in [0.2, 0.25) is 0 Å². The highest BCUT2D eigenvalue weighted by Crippen LogP contribution is 2.21. The van der Waals surface area contributed by atoms with Crippen molar-refractivity contribution in [3.8, 4) is 0 Å². The van der Waals surface area contributed by atoms with Crippen molar-refractivity contribution in [2.45, 2.75) is 31.7 Å². The van der Waals surface area contributed by atoms with Crippen LogP contribution in [0.4, 0.5) is 0 Å². The number of amides is 1. The molecule has 4 heteroatoms. The molecule has 4 nitrogen and oxygen atoms in total. The van der Waals surface area contributed by atoms with Gasteiger partial charge in [-0.25, -0.2) is 4.79 Å². The molecule has 0 saturated carbocycles. The van der Waals surface area contributed by atoms with Gasteiger partial charge in [-0.2, -0.15) is 0 Å². The molecular weight excluding hydrogens is 290 g/mol. The summed E-state index contributed by atoms with van der Waals surface area (Å²) in [6.45, 7) is 0. The summed E-state index contributed by atoms with van der Waals surface area (Å²) in [5.74, 6) is -0.889. The second kappa shape index (κ2) is 6.65. The normalized spacial score (nSPS) is 13.6. The summed E-state index contributed by atoms with van der Waals surface area (Å²) < 4.78 is 0. The average molecular weight is 309 g/mol. The number of carbonyl (C=O) groups excluding carboxylic acids is 1. The van der Waals surface area contributed by atoms with Gasteiger partial charge < -0.3 is 10.4 Å². The maximum atomic E-state index is 12.1. The Bertz CT molecular complexity index is 697. The highest BCUT2D eigenvalue weighted by Gasteiger charge is 2.22. The molecule has 0 fully saturated rings. The van der Waals surface area contributed by atoms with Crippen LogP contribution in [0.3, 0.4) is 0 Å². The number of fused-ring (bicyclic) bond motifs is 1. The molecule has 1 aliphatic carbocycles. The third-order valence-corrected chi connectivity index (χ3v) is 4.26. The van der Waals surface area contributed by atoms with Crippen molar-refractivity contribution >= 4 is 11.9 Å². The maximum absolute atomic E-state index is 12.1. The predicted molar refractivity (Wildman–Crippen MR) is 87.5 cm³/mol. The molecule has 0 radical (unpaired) electrons. The molecule has 2 aromatic carbocycles. The Hall–Kier alpha value is -2.62. The largest absolute Gasteiger partial charge is 0.478 e. The highest BCUT2D eigenvalue weighted by atomic mass is 16.4. The first-order chi connectivity index (χ1) is 11.1. The third-order valence-electron chi connectivity index (χ3n) is 4.26. The molecule has 0 aromatic heterocycles. The van der Waals surface area contributed by atoms with Gasteiger partial charge >= 0.3 is 5.97 Å². The Balaban J connectivity index is 1.48. The first-order valence-corrected chi connectivity index (χ1v) is 7.80. The van der Waals surface area contributed by atoms with E-state index < -0.39 is 5.97 Å². The second-order valence-electron chi connectivity index (χ2n) is 5.94. The minimum atomic E-state index is -0.935. The van der Waals surface area contributed by atoms with Gasteiger partial charge in [-0.05, 0) is 48.1 Å². The highest BCUT2D eigenvalue weighted by molar-refractivity contribution is 5.87. The van der Waals surface area contributed by atoms with Crippen molar-refractivity contribution in [1.29, 1.82) is 0 Å². The number of hydrogen-bond acceptors (Lipinski definition) is 2.